The summed E-state index contributed by atoms with van der Waals surface area (Å²) in [5.41, 5.74) is 2.14. The highest BCUT2D eigenvalue weighted by Gasteiger charge is 2.17. The number of carbonyl (C=O) groups is 1. The third-order valence-corrected chi connectivity index (χ3v) is 4.54. The number of methoxy groups -OCH3 is 1. The van der Waals surface area contributed by atoms with Crippen LogP contribution < -0.4 is 10.6 Å². The van der Waals surface area contributed by atoms with Gasteiger partial charge in [-0.2, -0.15) is 11.8 Å². The summed E-state index contributed by atoms with van der Waals surface area (Å²) in [6.07, 6.45) is 0.485. The Balaban J connectivity index is 1.63. The van der Waals surface area contributed by atoms with E-state index in [9.17, 15) is 4.79 Å². The third-order valence-electron chi connectivity index (χ3n) is 3.41. The standard InChI is InChI=1S/C15H19N3O3S/c1-20-8-15-18-12-6-10(2-3-13(12)21-15)17-14(19)7-11-9-22-5-4-16-11/h2-3,6,11,16H,4-5,7-9H2,1H3,(H,17,19). The molecule has 0 saturated carbocycles. The fraction of sp³-hybridized carbons (Fsp3) is 0.467. The molecule has 7 heteroatoms. The van der Waals surface area contributed by atoms with Gasteiger partial charge in [-0.1, -0.05) is 0 Å². The quantitative estimate of drug-likeness (QED) is 0.877. The number of fused-ring (bicyclic) bond motifs is 1. The molecule has 1 aromatic carbocycles. The van der Waals surface area contributed by atoms with E-state index in [0.717, 1.165) is 29.3 Å². The Kier molecular flexibility index (Phi) is 4.97. The number of hydrogen-bond acceptors (Lipinski definition) is 6. The minimum absolute atomic E-state index is 0.0139. The van der Waals surface area contributed by atoms with E-state index >= 15 is 0 Å². The van der Waals surface area contributed by atoms with Gasteiger partial charge in [0.25, 0.3) is 0 Å². The number of anilines is 1. The van der Waals surface area contributed by atoms with Crippen LogP contribution in [0.4, 0.5) is 5.69 Å². The lowest BCUT2D eigenvalue weighted by Gasteiger charge is -2.22. The van der Waals surface area contributed by atoms with Gasteiger partial charge >= 0.3 is 0 Å². The second kappa shape index (κ2) is 7.13. The maximum Gasteiger partial charge on any atom is 0.225 e. The summed E-state index contributed by atoms with van der Waals surface area (Å²) in [7, 11) is 1.60. The molecule has 1 amide bonds. The molecule has 3 rings (SSSR count). The topological polar surface area (TPSA) is 76.4 Å². The van der Waals surface area contributed by atoms with Crippen LogP contribution in [0.1, 0.15) is 12.3 Å². The fourth-order valence-corrected chi connectivity index (χ4v) is 3.37. The van der Waals surface area contributed by atoms with Crippen molar-refractivity contribution >= 4 is 34.5 Å². The molecule has 22 heavy (non-hydrogen) atoms. The minimum Gasteiger partial charge on any atom is -0.438 e. The van der Waals surface area contributed by atoms with Crippen molar-refractivity contribution in [3.8, 4) is 0 Å². The molecule has 0 bridgehead atoms. The zero-order valence-electron chi connectivity index (χ0n) is 12.4. The van der Waals surface area contributed by atoms with Crippen LogP contribution >= 0.6 is 11.8 Å². The van der Waals surface area contributed by atoms with E-state index in [-0.39, 0.29) is 11.9 Å². The van der Waals surface area contributed by atoms with Gasteiger partial charge in [0.05, 0.1) is 0 Å². The van der Waals surface area contributed by atoms with E-state index in [2.05, 4.69) is 15.6 Å². The summed E-state index contributed by atoms with van der Waals surface area (Å²) >= 11 is 1.88. The first-order valence-corrected chi connectivity index (χ1v) is 8.39. The van der Waals surface area contributed by atoms with Crippen LogP contribution in [-0.2, 0) is 16.1 Å². The lowest BCUT2D eigenvalue weighted by atomic mass is 10.2. The second-order valence-electron chi connectivity index (χ2n) is 5.20. The Labute approximate surface area is 133 Å². The van der Waals surface area contributed by atoms with Crippen molar-refractivity contribution in [1.29, 1.82) is 0 Å². The van der Waals surface area contributed by atoms with Crippen molar-refractivity contribution in [3.05, 3.63) is 24.1 Å². The Hall–Kier alpha value is -1.57. The Morgan fingerprint density at radius 1 is 1.59 bits per heavy atom. The number of thioether (sulfide) groups is 1. The summed E-state index contributed by atoms with van der Waals surface area (Å²) in [6.45, 7) is 1.30. The average molecular weight is 321 g/mol. The third kappa shape index (κ3) is 3.79. The zero-order valence-corrected chi connectivity index (χ0v) is 13.2. The lowest BCUT2D eigenvalue weighted by Crippen LogP contribution is -2.39. The number of oxazole rings is 1. The van der Waals surface area contributed by atoms with E-state index in [1.165, 1.54) is 0 Å². The van der Waals surface area contributed by atoms with E-state index in [1.54, 1.807) is 7.11 Å². The molecule has 6 nitrogen and oxygen atoms in total. The van der Waals surface area contributed by atoms with Crippen molar-refractivity contribution in [1.82, 2.24) is 10.3 Å². The van der Waals surface area contributed by atoms with Crippen LogP contribution in [0, 0.1) is 0 Å². The van der Waals surface area contributed by atoms with Crippen LogP contribution in [0.3, 0.4) is 0 Å². The van der Waals surface area contributed by atoms with Crippen LogP contribution in [0.15, 0.2) is 22.6 Å². The van der Waals surface area contributed by atoms with Gasteiger partial charge in [-0.15, -0.1) is 0 Å². The predicted molar refractivity (Wildman–Crippen MR) is 87.1 cm³/mol. The van der Waals surface area contributed by atoms with E-state index in [0.29, 0.717) is 24.5 Å². The molecule has 118 valence electrons. The first-order chi connectivity index (χ1) is 10.7. The van der Waals surface area contributed by atoms with Gasteiger partial charge in [0.2, 0.25) is 11.8 Å². The number of hydrogen-bond donors (Lipinski definition) is 2. The van der Waals surface area contributed by atoms with Crippen LogP contribution in [0.5, 0.6) is 0 Å². The summed E-state index contributed by atoms with van der Waals surface area (Å²) < 4.78 is 10.5. The Morgan fingerprint density at radius 3 is 3.27 bits per heavy atom. The number of ether oxygens (including phenoxy) is 1. The molecule has 2 N–H and O–H groups in total. The zero-order chi connectivity index (χ0) is 15.4. The fourth-order valence-electron chi connectivity index (χ4n) is 2.42. The number of benzene rings is 1. The van der Waals surface area contributed by atoms with Gasteiger partial charge in [-0.25, -0.2) is 4.98 Å². The van der Waals surface area contributed by atoms with Gasteiger partial charge in [0.15, 0.2) is 5.58 Å². The normalized spacial score (nSPS) is 18.5. The van der Waals surface area contributed by atoms with Crippen LogP contribution in [0.25, 0.3) is 11.1 Å². The second-order valence-corrected chi connectivity index (χ2v) is 6.35. The summed E-state index contributed by atoms with van der Waals surface area (Å²) in [5, 5.41) is 6.28. The van der Waals surface area contributed by atoms with Crippen LogP contribution in [-0.4, -0.2) is 42.1 Å². The van der Waals surface area contributed by atoms with Gasteiger partial charge in [-0.05, 0) is 18.2 Å². The van der Waals surface area contributed by atoms with Gasteiger partial charge in [-0.3, -0.25) is 4.79 Å². The summed E-state index contributed by atoms with van der Waals surface area (Å²) in [6, 6.07) is 5.71. The molecule has 0 radical (unpaired) electrons. The van der Waals surface area contributed by atoms with Gasteiger partial charge < -0.3 is 19.8 Å². The molecule has 1 atom stereocenters. The average Bonchev–Trinajstić information content (AvgIpc) is 2.90. The number of nitrogens with zero attached hydrogens (tertiary/aromatic N) is 1. The summed E-state index contributed by atoms with van der Waals surface area (Å²) in [5.74, 6) is 2.64. The van der Waals surface area contributed by atoms with Gasteiger partial charge in [0.1, 0.15) is 12.1 Å². The minimum atomic E-state index is 0.0139. The molecule has 1 saturated heterocycles. The predicted octanol–water partition coefficient (Wildman–Crippen LogP) is 2.01. The van der Waals surface area contributed by atoms with Crippen molar-refractivity contribution in [2.24, 2.45) is 0 Å². The molecule has 0 spiro atoms. The van der Waals surface area contributed by atoms with Crippen molar-refractivity contribution in [3.63, 3.8) is 0 Å². The van der Waals surface area contributed by atoms with Crippen molar-refractivity contribution < 1.29 is 13.9 Å². The highest BCUT2D eigenvalue weighted by Crippen LogP contribution is 2.21. The van der Waals surface area contributed by atoms with Gasteiger partial charge in [0, 0.05) is 43.3 Å². The van der Waals surface area contributed by atoms with E-state index in [4.69, 9.17) is 9.15 Å². The smallest absolute Gasteiger partial charge is 0.225 e. The number of amides is 1. The molecule has 2 heterocycles. The molecular weight excluding hydrogens is 302 g/mol. The van der Waals surface area contributed by atoms with E-state index < -0.39 is 0 Å². The SMILES string of the molecule is COCc1nc2cc(NC(=O)CC3CSCCN3)ccc2o1. The lowest BCUT2D eigenvalue weighted by molar-refractivity contribution is -0.116. The highest BCUT2D eigenvalue weighted by atomic mass is 32.2. The number of nitrogens with one attached hydrogen (secondary N) is 2. The van der Waals surface area contributed by atoms with Crippen molar-refractivity contribution in [2.75, 3.05) is 30.5 Å². The van der Waals surface area contributed by atoms with Crippen LogP contribution in [0.2, 0.25) is 0 Å². The number of rotatable bonds is 5. The Morgan fingerprint density at radius 2 is 2.50 bits per heavy atom. The first-order valence-electron chi connectivity index (χ1n) is 7.24. The molecule has 1 aliphatic rings. The molecule has 1 fully saturated rings. The monoisotopic (exact) mass is 321 g/mol. The Bertz CT molecular complexity index is 653. The number of carbonyl (C=O) groups excluding carboxylic acids is 1. The van der Waals surface area contributed by atoms with E-state index in [1.807, 2.05) is 30.0 Å². The summed E-state index contributed by atoms with van der Waals surface area (Å²) in [4.78, 5) is 16.4. The molecule has 0 aliphatic carbocycles. The maximum absolute atomic E-state index is 12.1. The molecule has 1 aliphatic heterocycles. The number of aromatic nitrogens is 1. The highest BCUT2D eigenvalue weighted by molar-refractivity contribution is 7.99. The first kappa shape index (κ1) is 15.3. The molecule has 2 aromatic rings. The van der Waals surface area contributed by atoms with Crippen molar-refractivity contribution in [2.45, 2.75) is 19.1 Å². The maximum atomic E-state index is 12.1. The largest absolute Gasteiger partial charge is 0.438 e. The molecular formula is C15H19N3O3S. The molecule has 1 aromatic heterocycles. The molecule has 1 unspecified atom stereocenters.